The summed E-state index contributed by atoms with van der Waals surface area (Å²) in [6, 6.07) is -0.907. The Hall–Kier alpha value is -3.85. The Bertz CT molecular complexity index is 2020. The number of likely N-dealkylation sites (N-methyl/N-ethyl adjacent to an activating group) is 1. The van der Waals surface area contributed by atoms with Crippen molar-refractivity contribution in [3.8, 4) is 0 Å². The van der Waals surface area contributed by atoms with E-state index in [1.54, 1.807) is 0 Å². The summed E-state index contributed by atoms with van der Waals surface area (Å²) in [4.78, 5) is 40.3. The zero-order chi connectivity index (χ0) is 66.3. The number of rotatable bonds is 67. The number of carbonyl (C=O) groups is 2. The van der Waals surface area contributed by atoms with Crippen LogP contribution in [0.4, 0.5) is 0 Å². The van der Waals surface area contributed by atoms with Crippen LogP contribution in [0.25, 0.3) is 0 Å². The maximum absolute atomic E-state index is 13.6. The molecule has 0 rings (SSSR count). The summed E-state index contributed by atoms with van der Waals surface area (Å²) < 4.78 is 30.5. The Kier molecular flexibility index (Phi) is 66.1. The van der Waals surface area contributed by atoms with Crippen LogP contribution in [0, 0.1) is 0 Å². The lowest BCUT2D eigenvalue weighted by Crippen LogP contribution is -2.47. The minimum Gasteiger partial charge on any atom is -0.756 e. The van der Waals surface area contributed by atoms with Crippen molar-refractivity contribution in [2.75, 3.05) is 40.9 Å². The molecule has 522 valence electrons. The molecule has 0 spiro atoms. The fourth-order valence-electron chi connectivity index (χ4n) is 10.3. The van der Waals surface area contributed by atoms with Gasteiger partial charge in [0.25, 0.3) is 7.82 Å². The van der Waals surface area contributed by atoms with Crippen LogP contribution in [0.15, 0.2) is 134 Å². The monoisotopic (exact) mass is 1290 g/mol. The second-order valence-corrected chi connectivity index (χ2v) is 27.5. The molecular formula is C81H141N2O7P. The molecule has 0 radical (unpaired) electrons. The molecule has 1 amide bonds. The van der Waals surface area contributed by atoms with Crippen molar-refractivity contribution in [1.82, 2.24) is 5.32 Å². The summed E-state index contributed by atoms with van der Waals surface area (Å²) >= 11 is 0. The standard InChI is InChI=1S/C81H141N2O7P/c1-7-10-13-16-19-22-25-28-30-32-34-36-38-40-41-43-44-46-48-50-52-55-58-61-64-67-70-73-80(84)82-78(77-89-91(86,87)88-76-75-83(4,5)6)79(72-69-66-63-60-57-54-27-24-21-18-15-12-9-3)90-81(85)74-71-68-65-62-59-56-53-51-49-47-45-42-39-37-35-33-31-29-26-23-20-17-14-11-8-2/h10,13,19-20,22-23,28-31,34-37,40-42,44-46,69,72,78-79H,7-9,11-12,14-18,21,24-27,32-33,38-39,43,47-68,70-71,73-77H2,1-6H3,(H-,82,84,86,87)/b13-10-,22-19-,23-20-,30-28-,31-29-,36-34-,37-35-,41-40-,45-42-,46-44-,72-69+. The number of phosphoric acid groups is 1. The van der Waals surface area contributed by atoms with Crippen LogP contribution in [0.2, 0.25) is 0 Å². The van der Waals surface area contributed by atoms with Crippen molar-refractivity contribution < 1.29 is 37.3 Å². The first-order valence-corrected chi connectivity index (χ1v) is 39.0. The summed E-state index contributed by atoms with van der Waals surface area (Å²) in [5, 5.41) is 3.04. The lowest BCUT2D eigenvalue weighted by Gasteiger charge is -2.30. The number of carbonyl (C=O) groups excluding carboxylic acids is 2. The van der Waals surface area contributed by atoms with Gasteiger partial charge in [-0.1, -0.05) is 309 Å². The van der Waals surface area contributed by atoms with Gasteiger partial charge in [0.15, 0.2) is 0 Å². The average molecular weight is 1290 g/mol. The second kappa shape index (κ2) is 69.0. The first-order valence-electron chi connectivity index (χ1n) is 37.5. The number of phosphoric ester groups is 1. The number of nitrogens with zero attached hydrogens (tertiary/aromatic N) is 1. The number of esters is 1. The van der Waals surface area contributed by atoms with Crippen molar-refractivity contribution in [3.05, 3.63) is 134 Å². The van der Waals surface area contributed by atoms with E-state index in [0.29, 0.717) is 17.4 Å². The lowest BCUT2D eigenvalue weighted by molar-refractivity contribution is -0.870. The molecule has 0 heterocycles. The summed E-state index contributed by atoms with van der Waals surface area (Å²) in [6.45, 7) is 6.71. The van der Waals surface area contributed by atoms with Gasteiger partial charge in [-0.3, -0.25) is 14.2 Å². The van der Waals surface area contributed by atoms with E-state index in [9.17, 15) is 19.0 Å². The Morgan fingerprint density at radius 3 is 1.08 bits per heavy atom. The molecule has 91 heavy (non-hydrogen) atoms. The van der Waals surface area contributed by atoms with Crippen molar-refractivity contribution in [2.24, 2.45) is 0 Å². The topological polar surface area (TPSA) is 114 Å². The van der Waals surface area contributed by atoms with E-state index in [2.05, 4.69) is 148 Å². The molecule has 0 aliphatic rings. The number of ether oxygens (including phenoxy) is 1. The molecule has 0 saturated heterocycles. The number of nitrogens with one attached hydrogen (secondary N) is 1. The molecule has 0 saturated carbocycles. The van der Waals surface area contributed by atoms with Crippen molar-refractivity contribution >= 4 is 19.7 Å². The van der Waals surface area contributed by atoms with E-state index in [1.807, 2.05) is 33.3 Å². The molecule has 9 nitrogen and oxygen atoms in total. The largest absolute Gasteiger partial charge is 0.756 e. The van der Waals surface area contributed by atoms with Gasteiger partial charge >= 0.3 is 5.97 Å². The quantitative estimate of drug-likeness (QED) is 0.0212. The molecule has 3 atom stereocenters. The second-order valence-electron chi connectivity index (χ2n) is 26.1. The molecule has 0 aliphatic heterocycles. The van der Waals surface area contributed by atoms with Crippen LogP contribution in [-0.4, -0.2) is 69.4 Å². The molecule has 0 aromatic carbocycles. The van der Waals surface area contributed by atoms with Gasteiger partial charge in [-0.25, -0.2) is 0 Å². The Morgan fingerprint density at radius 1 is 0.396 bits per heavy atom. The van der Waals surface area contributed by atoms with Gasteiger partial charge in [-0.2, -0.15) is 0 Å². The Labute approximate surface area is 562 Å². The van der Waals surface area contributed by atoms with E-state index in [-0.39, 0.29) is 24.9 Å². The molecule has 0 aromatic heterocycles. The van der Waals surface area contributed by atoms with Crippen LogP contribution >= 0.6 is 7.82 Å². The van der Waals surface area contributed by atoms with Crippen LogP contribution in [0.5, 0.6) is 0 Å². The summed E-state index contributed by atoms with van der Waals surface area (Å²) in [5.74, 6) is -0.558. The fraction of sp³-hybridized carbons (Fsp3) is 0.704. The predicted octanol–water partition coefficient (Wildman–Crippen LogP) is 23.7. The highest BCUT2D eigenvalue weighted by Crippen LogP contribution is 2.38. The van der Waals surface area contributed by atoms with Gasteiger partial charge in [0.1, 0.15) is 19.3 Å². The SMILES string of the molecule is CC/C=C\C/C=C\C/C=C\C/C=C\C/C=C\C/C=C\CCCCCCCCCCC(=O)NC(COP(=O)([O-])OCC[N+](C)(C)C)C(/C=C/CCCCCCCCCCCCC)OC(=O)CCCCCCCCCCC/C=C\C/C=C\C/C=C\C/C=C\CCCCC. The van der Waals surface area contributed by atoms with Crippen molar-refractivity contribution in [2.45, 2.75) is 328 Å². The highest BCUT2D eigenvalue weighted by Gasteiger charge is 2.27. The number of allylic oxidation sites excluding steroid dienone is 21. The minimum absolute atomic E-state index is 0.0315. The van der Waals surface area contributed by atoms with Gasteiger partial charge in [0.05, 0.1) is 33.8 Å². The molecule has 0 fully saturated rings. The van der Waals surface area contributed by atoms with Crippen molar-refractivity contribution in [1.29, 1.82) is 0 Å². The van der Waals surface area contributed by atoms with Gasteiger partial charge in [0, 0.05) is 12.8 Å². The van der Waals surface area contributed by atoms with E-state index in [0.717, 1.165) is 141 Å². The smallest absolute Gasteiger partial charge is 0.306 e. The highest BCUT2D eigenvalue weighted by molar-refractivity contribution is 7.45. The number of amides is 1. The number of hydrogen-bond acceptors (Lipinski definition) is 7. The van der Waals surface area contributed by atoms with Gasteiger partial charge in [0.2, 0.25) is 5.91 Å². The van der Waals surface area contributed by atoms with E-state index in [1.165, 1.54) is 141 Å². The zero-order valence-electron chi connectivity index (χ0n) is 59.8. The van der Waals surface area contributed by atoms with Gasteiger partial charge in [-0.05, 0) is 128 Å². The van der Waals surface area contributed by atoms with E-state index < -0.39 is 26.6 Å². The summed E-state index contributed by atoms with van der Waals surface area (Å²) in [7, 11) is 1.16. The van der Waals surface area contributed by atoms with Crippen LogP contribution in [0.3, 0.4) is 0 Å². The summed E-state index contributed by atoms with van der Waals surface area (Å²) in [5.41, 5.74) is 0. The van der Waals surface area contributed by atoms with Gasteiger partial charge in [-0.15, -0.1) is 0 Å². The molecule has 0 bridgehead atoms. The Morgan fingerprint density at radius 2 is 0.703 bits per heavy atom. The van der Waals surface area contributed by atoms with Crippen LogP contribution < -0.4 is 10.2 Å². The third kappa shape index (κ3) is 70.3. The molecular weight excluding hydrogens is 1140 g/mol. The maximum atomic E-state index is 13.6. The number of quaternary nitrogens is 1. The predicted molar refractivity (Wildman–Crippen MR) is 394 cm³/mol. The first-order chi connectivity index (χ1) is 44.4. The average Bonchev–Trinajstić information content (AvgIpc) is 3.45. The molecule has 3 unspecified atom stereocenters. The minimum atomic E-state index is -4.72. The summed E-state index contributed by atoms with van der Waals surface area (Å²) in [6.07, 6.45) is 98.6. The Balaban J connectivity index is 5.11. The highest BCUT2D eigenvalue weighted by atomic mass is 31.2. The van der Waals surface area contributed by atoms with E-state index in [4.69, 9.17) is 13.8 Å². The first kappa shape index (κ1) is 87.2. The number of hydrogen-bond donors (Lipinski definition) is 1. The van der Waals surface area contributed by atoms with E-state index >= 15 is 0 Å². The third-order valence-corrected chi connectivity index (χ3v) is 17.0. The number of unbranched alkanes of at least 4 members (excludes halogenated alkanes) is 31. The van der Waals surface area contributed by atoms with Crippen molar-refractivity contribution in [3.63, 3.8) is 0 Å². The molecule has 0 aromatic rings. The zero-order valence-corrected chi connectivity index (χ0v) is 60.7. The van der Waals surface area contributed by atoms with Crippen LogP contribution in [0.1, 0.15) is 316 Å². The fourth-order valence-corrected chi connectivity index (χ4v) is 11.1. The molecule has 1 N–H and O–H groups in total. The third-order valence-electron chi connectivity index (χ3n) is 16.1. The molecule has 10 heteroatoms. The maximum Gasteiger partial charge on any atom is 0.306 e. The van der Waals surface area contributed by atoms with Crippen LogP contribution in [-0.2, 0) is 27.9 Å². The molecule has 0 aliphatic carbocycles. The normalized spacial score (nSPS) is 14.2. The van der Waals surface area contributed by atoms with Gasteiger partial charge < -0.3 is 28.5 Å². The lowest BCUT2D eigenvalue weighted by atomic mass is 10.0.